The average molecular weight is 285 g/mol. The first-order chi connectivity index (χ1) is 9.16. The molecule has 2 aliphatic rings. The normalized spacial score (nSPS) is 34.9. The molecule has 19 heavy (non-hydrogen) atoms. The van der Waals surface area contributed by atoms with Crippen molar-refractivity contribution < 1.29 is 19.7 Å². The van der Waals surface area contributed by atoms with Crippen LogP contribution >= 0.6 is 11.6 Å². The molecular formula is C14H17ClO4. The third kappa shape index (κ3) is 2.51. The molecule has 0 saturated carbocycles. The van der Waals surface area contributed by atoms with Crippen molar-refractivity contribution in [3.63, 3.8) is 0 Å². The van der Waals surface area contributed by atoms with Gasteiger partial charge in [0.05, 0.1) is 6.61 Å². The van der Waals surface area contributed by atoms with Gasteiger partial charge in [-0.15, -0.1) is 0 Å². The van der Waals surface area contributed by atoms with Gasteiger partial charge in [0.25, 0.3) is 0 Å². The Morgan fingerprint density at radius 2 is 2.05 bits per heavy atom. The van der Waals surface area contributed by atoms with E-state index in [-0.39, 0.29) is 12.7 Å². The number of fused-ring (bicyclic) bond motifs is 1. The Hall–Kier alpha value is -0.650. The smallest absolute Gasteiger partial charge is 0.116 e. The summed E-state index contributed by atoms with van der Waals surface area (Å²) in [7, 11) is 0. The molecule has 1 aromatic carbocycles. The van der Waals surface area contributed by atoms with Crippen molar-refractivity contribution in [2.45, 2.75) is 37.3 Å². The summed E-state index contributed by atoms with van der Waals surface area (Å²) in [6, 6.07) is 5.69. The van der Waals surface area contributed by atoms with E-state index in [1.54, 1.807) is 0 Å². The predicted octanol–water partition coefficient (Wildman–Crippen LogP) is 1.46. The second-order valence-corrected chi connectivity index (χ2v) is 5.53. The SMILES string of the molecule is OC1COC(C2OCCCc3cc(Cl)ccc32)C1O. The lowest BCUT2D eigenvalue weighted by Gasteiger charge is -2.26. The summed E-state index contributed by atoms with van der Waals surface area (Å²) in [5.74, 6) is 0. The second kappa shape index (κ2) is 5.38. The van der Waals surface area contributed by atoms with Crippen LogP contribution in [0.5, 0.6) is 0 Å². The molecule has 1 fully saturated rings. The van der Waals surface area contributed by atoms with E-state index in [1.165, 1.54) is 0 Å². The zero-order valence-corrected chi connectivity index (χ0v) is 11.2. The van der Waals surface area contributed by atoms with E-state index in [4.69, 9.17) is 21.1 Å². The largest absolute Gasteiger partial charge is 0.388 e. The lowest BCUT2D eigenvalue weighted by Crippen LogP contribution is -2.35. The number of halogens is 1. The van der Waals surface area contributed by atoms with Crippen molar-refractivity contribution in [2.75, 3.05) is 13.2 Å². The molecule has 0 bridgehead atoms. The molecule has 104 valence electrons. The molecule has 1 saturated heterocycles. The zero-order chi connectivity index (χ0) is 13.4. The minimum atomic E-state index is -0.911. The molecule has 0 radical (unpaired) electrons. The minimum Gasteiger partial charge on any atom is -0.388 e. The number of aliphatic hydroxyl groups excluding tert-OH is 2. The summed E-state index contributed by atoms with van der Waals surface area (Å²) in [4.78, 5) is 0. The highest BCUT2D eigenvalue weighted by Gasteiger charge is 2.42. The van der Waals surface area contributed by atoms with Crippen LogP contribution in [0.3, 0.4) is 0 Å². The predicted molar refractivity (Wildman–Crippen MR) is 70.2 cm³/mol. The summed E-state index contributed by atoms with van der Waals surface area (Å²) in [6.45, 7) is 0.758. The Kier molecular flexibility index (Phi) is 3.78. The van der Waals surface area contributed by atoms with Gasteiger partial charge < -0.3 is 19.7 Å². The van der Waals surface area contributed by atoms with Gasteiger partial charge in [-0.3, -0.25) is 0 Å². The topological polar surface area (TPSA) is 58.9 Å². The van der Waals surface area contributed by atoms with Gasteiger partial charge in [0, 0.05) is 11.6 Å². The maximum atomic E-state index is 10.0. The Morgan fingerprint density at radius 1 is 1.21 bits per heavy atom. The van der Waals surface area contributed by atoms with Gasteiger partial charge in [-0.25, -0.2) is 0 Å². The molecule has 0 aliphatic carbocycles. The Morgan fingerprint density at radius 3 is 2.79 bits per heavy atom. The zero-order valence-electron chi connectivity index (χ0n) is 10.5. The molecule has 4 atom stereocenters. The molecular weight excluding hydrogens is 268 g/mol. The molecule has 2 N–H and O–H groups in total. The van der Waals surface area contributed by atoms with Crippen LogP contribution in [-0.2, 0) is 15.9 Å². The van der Waals surface area contributed by atoms with Crippen LogP contribution in [0.4, 0.5) is 0 Å². The van der Waals surface area contributed by atoms with Gasteiger partial charge in [-0.05, 0) is 36.1 Å². The van der Waals surface area contributed by atoms with E-state index in [0.717, 1.165) is 24.0 Å². The third-order valence-electron chi connectivity index (χ3n) is 3.79. The van der Waals surface area contributed by atoms with Gasteiger partial charge in [-0.2, -0.15) is 0 Å². The number of aryl methyl sites for hydroxylation is 1. The molecule has 4 unspecified atom stereocenters. The van der Waals surface area contributed by atoms with Gasteiger partial charge in [-0.1, -0.05) is 17.7 Å². The molecule has 0 spiro atoms. The van der Waals surface area contributed by atoms with Crippen LogP contribution in [0.25, 0.3) is 0 Å². The highest BCUT2D eigenvalue weighted by molar-refractivity contribution is 6.30. The van der Waals surface area contributed by atoms with Gasteiger partial charge >= 0.3 is 0 Å². The molecule has 1 aromatic rings. The van der Waals surface area contributed by atoms with Crippen LogP contribution in [0.15, 0.2) is 18.2 Å². The van der Waals surface area contributed by atoms with E-state index < -0.39 is 18.3 Å². The van der Waals surface area contributed by atoms with Crippen LogP contribution in [-0.4, -0.2) is 41.7 Å². The number of benzene rings is 1. The summed E-state index contributed by atoms with van der Waals surface area (Å²) < 4.78 is 11.3. The number of ether oxygens (including phenoxy) is 2. The van der Waals surface area contributed by atoms with Crippen LogP contribution in [0.1, 0.15) is 23.7 Å². The van der Waals surface area contributed by atoms with E-state index >= 15 is 0 Å². The fourth-order valence-corrected chi connectivity index (χ4v) is 2.99. The highest BCUT2D eigenvalue weighted by atomic mass is 35.5. The van der Waals surface area contributed by atoms with Crippen molar-refractivity contribution in [2.24, 2.45) is 0 Å². The fraction of sp³-hybridized carbons (Fsp3) is 0.571. The Balaban J connectivity index is 1.94. The molecule has 2 heterocycles. The number of rotatable bonds is 1. The monoisotopic (exact) mass is 284 g/mol. The lowest BCUT2D eigenvalue weighted by molar-refractivity contribution is -0.0835. The van der Waals surface area contributed by atoms with E-state index in [2.05, 4.69) is 0 Å². The van der Waals surface area contributed by atoms with Gasteiger partial charge in [0.2, 0.25) is 0 Å². The quantitative estimate of drug-likeness (QED) is 0.820. The minimum absolute atomic E-state index is 0.147. The lowest BCUT2D eigenvalue weighted by atomic mass is 9.94. The molecule has 4 nitrogen and oxygen atoms in total. The standard InChI is InChI=1S/C14H17ClO4/c15-9-3-4-10-8(6-9)2-1-5-18-13(10)14-12(17)11(16)7-19-14/h3-4,6,11-14,16-17H,1-2,5,7H2. The maximum absolute atomic E-state index is 10.0. The van der Waals surface area contributed by atoms with E-state index in [9.17, 15) is 10.2 Å². The van der Waals surface area contributed by atoms with Crippen LogP contribution in [0, 0.1) is 0 Å². The number of hydrogen-bond donors (Lipinski definition) is 2. The Bertz CT molecular complexity index is 465. The summed E-state index contributed by atoms with van der Waals surface area (Å²) >= 11 is 6.03. The van der Waals surface area contributed by atoms with E-state index in [1.807, 2.05) is 18.2 Å². The van der Waals surface area contributed by atoms with Crippen LogP contribution < -0.4 is 0 Å². The van der Waals surface area contributed by atoms with Crippen molar-refractivity contribution in [1.29, 1.82) is 0 Å². The third-order valence-corrected chi connectivity index (χ3v) is 4.02. The van der Waals surface area contributed by atoms with E-state index in [0.29, 0.717) is 11.6 Å². The van der Waals surface area contributed by atoms with Gasteiger partial charge in [0.1, 0.15) is 24.4 Å². The van der Waals surface area contributed by atoms with Crippen LogP contribution in [0.2, 0.25) is 5.02 Å². The molecule has 3 rings (SSSR count). The maximum Gasteiger partial charge on any atom is 0.116 e. The average Bonchev–Trinajstić information content (AvgIpc) is 2.62. The van der Waals surface area contributed by atoms with Gasteiger partial charge in [0.15, 0.2) is 0 Å². The molecule has 5 heteroatoms. The first kappa shape index (κ1) is 13.3. The summed E-state index contributed by atoms with van der Waals surface area (Å²) in [5, 5.41) is 20.3. The highest BCUT2D eigenvalue weighted by Crippen LogP contribution is 2.35. The number of aliphatic hydroxyl groups is 2. The summed E-state index contributed by atoms with van der Waals surface area (Å²) in [6.07, 6.45) is -0.804. The first-order valence-electron chi connectivity index (χ1n) is 6.54. The first-order valence-corrected chi connectivity index (χ1v) is 6.92. The fourth-order valence-electron chi connectivity index (χ4n) is 2.80. The number of hydrogen-bond acceptors (Lipinski definition) is 4. The molecule has 0 amide bonds. The molecule has 0 aromatic heterocycles. The van der Waals surface area contributed by atoms with Crippen molar-refractivity contribution in [1.82, 2.24) is 0 Å². The Labute approximate surface area is 116 Å². The summed E-state index contributed by atoms with van der Waals surface area (Å²) in [5.41, 5.74) is 2.13. The van der Waals surface area contributed by atoms with Crippen molar-refractivity contribution in [3.05, 3.63) is 34.3 Å². The van der Waals surface area contributed by atoms with Crippen molar-refractivity contribution >= 4 is 11.6 Å². The molecule has 2 aliphatic heterocycles. The second-order valence-electron chi connectivity index (χ2n) is 5.09. The van der Waals surface area contributed by atoms with Crippen molar-refractivity contribution in [3.8, 4) is 0 Å².